The maximum absolute atomic E-state index is 12.0. The monoisotopic (exact) mass is 228 g/mol. The van der Waals surface area contributed by atoms with Crippen LogP contribution in [-0.4, -0.2) is 53.1 Å². The second kappa shape index (κ2) is 5.72. The van der Waals surface area contributed by atoms with E-state index in [4.69, 9.17) is 5.11 Å². The number of aliphatic carboxylic acids is 1. The first-order valence-electron chi connectivity index (χ1n) is 5.84. The van der Waals surface area contributed by atoms with Gasteiger partial charge in [0.25, 0.3) is 0 Å². The second-order valence-corrected chi connectivity index (χ2v) is 4.17. The summed E-state index contributed by atoms with van der Waals surface area (Å²) in [5.74, 6) is -0.329. The number of carbonyl (C=O) groups is 2. The fourth-order valence-electron chi connectivity index (χ4n) is 1.63. The SMILES string of the molecule is CCN(CC(=O)O)C(=O)N(CC)CC1CC1. The molecular weight excluding hydrogens is 208 g/mol. The lowest BCUT2D eigenvalue weighted by molar-refractivity contribution is -0.137. The number of hydrogen-bond acceptors (Lipinski definition) is 2. The highest BCUT2D eigenvalue weighted by atomic mass is 16.4. The van der Waals surface area contributed by atoms with Gasteiger partial charge in [0.2, 0.25) is 0 Å². The van der Waals surface area contributed by atoms with E-state index in [9.17, 15) is 9.59 Å². The van der Waals surface area contributed by atoms with Crippen molar-refractivity contribution < 1.29 is 14.7 Å². The number of urea groups is 1. The van der Waals surface area contributed by atoms with Crippen LogP contribution in [0.5, 0.6) is 0 Å². The zero-order valence-corrected chi connectivity index (χ0v) is 9.98. The van der Waals surface area contributed by atoms with Gasteiger partial charge in [-0.15, -0.1) is 0 Å². The van der Waals surface area contributed by atoms with Crippen LogP contribution in [0.15, 0.2) is 0 Å². The summed E-state index contributed by atoms with van der Waals surface area (Å²) >= 11 is 0. The van der Waals surface area contributed by atoms with Crippen LogP contribution in [-0.2, 0) is 4.79 Å². The van der Waals surface area contributed by atoms with E-state index in [0.717, 1.165) is 6.54 Å². The number of hydrogen-bond donors (Lipinski definition) is 1. The summed E-state index contributed by atoms with van der Waals surface area (Å²) in [7, 11) is 0. The molecule has 0 atom stereocenters. The molecule has 1 N–H and O–H groups in total. The molecule has 0 radical (unpaired) electrons. The van der Waals surface area contributed by atoms with E-state index in [1.165, 1.54) is 17.7 Å². The van der Waals surface area contributed by atoms with Gasteiger partial charge in [-0.05, 0) is 32.6 Å². The molecule has 1 aliphatic rings. The summed E-state index contributed by atoms with van der Waals surface area (Å²) in [6.45, 7) is 5.36. The predicted octanol–water partition coefficient (Wildman–Crippen LogP) is 1.24. The van der Waals surface area contributed by atoms with Gasteiger partial charge in [-0.3, -0.25) is 4.79 Å². The van der Waals surface area contributed by atoms with Gasteiger partial charge in [0.1, 0.15) is 6.54 Å². The van der Waals surface area contributed by atoms with Crippen LogP contribution in [0.25, 0.3) is 0 Å². The molecule has 0 saturated heterocycles. The van der Waals surface area contributed by atoms with Crippen LogP contribution in [0, 0.1) is 5.92 Å². The summed E-state index contributed by atoms with van der Waals surface area (Å²) in [5, 5.41) is 8.70. The first kappa shape index (κ1) is 12.8. The van der Waals surface area contributed by atoms with E-state index in [2.05, 4.69) is 0 Å². The second-order valence-electron chi connectivity index (χ2n) is 4.17. The number of carboxylic acids is 1. The maximum Gasteiger partial charge on any atom is 0.323 e. The Hall–Kier alpha value is -1.26. The van der Waals surface area contributed by atoms with Crippen LogP contribution >= 0.6 is 0 Å². The summed E-state index contributed by atoms with van der Waals surface area (Å²) in [4.78, 5) is 25.7. The number of carbonyl (C=O) groups excluding carboxylic acids is 1. The molecule has 2 amide bonds. The fraction of sp³-hybridized carbons (Fsp3) is 0.818. The highest BCUT2D eigenvalue weighted by Gasteiger charge is 2.28. The minimum Gasteiger partial charge on any atom is -0.480 e. The van der Waals surface area contributed by atoms with E-state index >= 15 is 0 Å². The third-order valence-corrected chi connectivity index (χ3v) is 2.81. The maximum atomic E-state index is 12.0. The van der Waals surface area contributed by atoms with E-state index in [1.807, 2.05) is 6.92 Å². The van der Waals surface area contributed by atoms with Gasteiger partial charge in [0, 0.05) is 19.6 Å². The highest BCUT2D eigenvalue weighted by Crippen LogP contribution is 2.29. The van der Waals surface area contributed by atoms with E-state index in [1.54, 1.807) is 11.8 Å². The molecule has 0 aliphatic heterocycles. The van der Waals surface area contributed by atoms with Crippen molar-refractivity contribution in [3.05, 3.63) is 0 Å². The van der Waals surface area contributed by atoms with E-state index in [-0.39, 0.29) is 12.6 Å². The predicted molar refractivity (Wildman–Crippen MR) is 60.2 cm³/mol. The Morgan fingerprint density at radius 1 is 1.19 bits per heavy atom. The molecule has 0 spiro atoms. The fourth-order valence-corrected chi connectivity index (χ4v) is 1.63. The topological polar surface area (TPSA) is 60.9 Å². The van der Waals surface area contributed by atoms with E-state index < -0.39 is 5.97 Å². The van der Waals surface area contributed by atoms with Crippen molar-refractivity contribution in [2.45, 2.75) is 26.7 Å². The summed E-state index contributed by atoms with van der Waals surface area (Å²) in [5.41, 5.74) is 0. The van der Waals surface area contributed by atoms with Crippen LogP contribution < -0.4 is 0 Å². The molecule has 1 saturated carbocycles. The zero-order chi connectivity index (χ0) is 12.1. The molecule has 5 heteroatoms. The molecule has 1 fully saturated rings. The van der Waals surface area contributed by atoms with Crippen molar-refractivity contribution in [3.8, 4) is 0 Å². The highest BCUT2D eigenvalue weighted by molar-refractivity contribution is 5.80. The van der Waals surface area contributed by atoms with Gasteiger partial charge >= 0.3 is 12.0 Å². The van der Waals surface area contributed by atoms with Gasteiger partial charge in [-0.2, -0.15) is 0 Å². The Balaban J connectivity index is 2.51. The molecular formula is C11H20N2O3. The molecule has 0 bridgehead atoms. The molecule has 16 heavy (non-hydrogen) atoms. The van der Waals surface area contributed by atoms with Gasteiger partial charge in [0.05, 0.1) is 0 Å². The van der Waals surface area contributed by atoms with Crippen LogP contribution in [0.1, 0.15) is 26.7 Å². The molecule has 0 unspecified atom stereocenters. The van der Waals surface area contributed by atoms with Crippen LogP contribution in [0.2, 0.25) is 0 Å². The van der Waals surface area contributed by atoms with Crippen molar-refractivity contribution >= 4 is 12.0 Å². The molecule has 1 aliphatic carbocycles. The number of amides is 2. The van der Waals surface area contributed by atoms with Crippen molar-refractivity contribution in [3.63, 3.8) is 0 Å². The Bertz CT molecular complexity index is 264. The van der Waals surface area contributed by atoms with Gasteiger partial charge in [-0.25, -0.2) is 4.79 Å². The quantitative estimate of drug-likeness (QED) is 0.744. The molecule has 1 rings (SSSR count). The Morgan fingerprint density at radius 3 is 2.12 bits per heavy atom. The Labute approximate surface area is 96.0 Å². The minimum atomic E-state index is -0.960. The first-order chi connectivity index (χ1) is 7.58. The normalized spacial score (nSPS) is 14.6. The Morgan fingerprint density at radius 2 is 1.75 bits per heavy atom. The van der Waals surface area contributed by atoms with Crippen LogP contribution in [0.3, 0.4) is 0 Å². The lowest BCUT2D eigenvalue weighted by Gasteiger charge is -2.28. The summed E-state index contributed by atoms with van der Waals surface area (Å²) in [6, 6.07) is -0.153. The third kappa shape index (κ3) is 3.72. The van der Waals surface area contributed by atoms with Crippen LogP contribution in [0.4, 0.5) is 4.79 Å². The number of carboxylic acid groups (broad SMARTS) is 1. The lowest BCUT2D eigenvalue weighted by Crippen LogP contribution is -2.45. The smallest absolute Gasteiger partial charge is 0.323 e. The molecule has 0 aromatic carbocycles. The average molecular weight is 228 g/mol. The van der Waals surface area contributed by atoms with Crippen molar-refractivity contribution in [1.29, 1.82) is 0 Å². The lowest BCUT2D eigenvalue weighted by atomic mass is 10.3. The molecule has 5 nitrogen and oxygen atoms in total. The standard InChI is InChI=1S/C11H20N2O3/c1-3-12(7-9-5-6-9)11(16)13(4-2)8-10(14)15/h9H,3-8H2,1-2H3,(H,14,15). The molecule has 0 aromatic rings. The van der Waals surface area contributed by atoms with Gasteiger partial charge < -0.3 is 14.9 Å². The Kier molecular flexibility index (Phi) is 4.58. The molecule has 92 valence electrons. The largest absolute Gasteiger partial charge is 0.480 e. The first-order valence-corrected chi connectivity index (χ1v) is 5.84. The summed E-state index contributed by atoms with van der Waals surface area (Å²) in [6.07, 6.45) is 2.38. The van der Waals surface area contributed by atoms with Crippen molar-refractivity contribution in [1.82, 2.24) is 9.80 Å². The van der Waals surface area contributed by atoms with E-state index in [0.29, 0.717) is 19.0 Å². The average Bonchev–Trinajstić information content (AvgIpc) is 3.05. The van der Waals surface area contributed by atoms with Gasteiger partial charge in [0.15, 0.2) is 0 Å². The summed E-state index contributed by atoms with van der Waals surface area (Å²) < 4.78 is 0. The van der Waals surface area contributed by atoms with Gasteiger partial charge in [-0.1, -0.05) is 0 Å². The molecule has 0 heterocycles. The number of nitrogens with zero attached hydrogens (tertiary/aromatic N) is 2. The zero-order valence-electron chi connectivity index (χ0n) is 9.98. The number of likely N-dealkylation sites (N-methyl/N-ethyl adjacent to an activating group) is 1. The molecule has 0 aromatic heterocycles. The minimum absolute atomic E-state index is 0.153. The third-order valence-electron chi connectivity index (χ3n) is 2.81. The number of rotatable bonds is 6. The van der Waals surface area contributed by atoms with Crippen molar-refractivity contribution in [2.24, 2.45) is 5.92 Å². The van der Waals surface area contributed by atoms with Crippen molar-refractivity contribution in [2.75, 3.05) is 26.2 Å².